The van der Waals surface area contributed by atoms with Crippen molar-refractivity contribution in [2.75, 3.05) is 13.7 Å². The minimum atomic E-state index is -0.450. The first-order valence-electron chi connectivity index (χ1n) is 18.3. The van der Waals surface area contributed by atoms with Gasteiger partial charge in [0.1, 0.15) is 11.4 Å². The zero-order valence-corrected chi connectivity index (χ0v) is 28.8. The molecule has 8 heteroatoms. The second-order valence-corrected chi connectivity index (χ2v) is 15.5. The van der Waals surface area contributed by atoms with Crippen LogP contribution in [0.3, 0.4) is 0 Å². The van der Waals surface area contributed by atoms with Gasteiger partial charge >= 0.3 is 0 Å². The van der Waals surface area contributed by atoms with Crippen molar-refractivity contribution in [3.8, 4) is 5.75 Å². The van der Waals surface area contributed by atoms with Crippen LogP contribution in [0.1, 0.15) is 106 Å². The topological polar surface area (TPSA) is 97.9 Å². The van der Waals surface area contributed by atoms with Crippen LogP contribution in [-0.4, -0.2) is 59.9 Å². The number of phenols is 1. The van der Waals surface area contributed by atoms with Gasteiger partial charge in [0.15, 0.2) is 0 Å². The number of aromatic nitrogens is 3. The second kappa shape index (κ2) is 13.9. The van der Waals surface area contributed by atoms with Crippen molar-refractivity contribution in [1.82, 2.24) is 24.8 Å². The molecule has 0 spiro atoms. The van der Waals surface area contributed by atoms with Crippen LogP contribution in [-0.2, 0) is 19.5 Å². The monoisotopic (exact) mass is 651 g/mol. The highest BCUT2D eigenvalue weighted by Gasteiger charge is 2.63. The minimum absolute atomic E-state index is 0.0769. The predicted octanol–water partition coefficient (Wildman–Crippen LogP) is 6.96. The molecule has 3 aromatic rings. The van der Waals surface area contributed by atoms with E-state index in [1.165, 1.54) is 29.5 Å². The van der Waals surface area contributed by atoms with E-state index < -0.39 is 6.10 Å². The average Bonchev–Trinajstić information content (AvgIpc) is 3.77. The van der Waals surface area contributed by atoms with Gasteiger partial charge in [0.05, 0.1) is 24.6 Å². The largest absolute Gasteiger partial charge is 0.508 e. The average molecular weight is 652 g/mol. The van der Waals surface area contributed by atoms with Gasteiger partial charge in [0.25, 0.3) is 0 Å². The molecule has 7 rings (SSSR count). The fourth-order valence-electron chi connectivity index (χ4n) is 10.0. The van der Waals surface area contributed by atoms with Crippen LogP contribution >= 0.6 is 0 Å². The number of rotatable bonds is 13. The summed E-state index contributed by atoms with van der Waals surface area (Å²) in [7, 11) is 2.02. The number of fused-ring (bicyclic) bond motifs is 5. The normalized spacial score (nSPS) is 29.5. The Balaban J connectivity index is 0.867. The molecule has 1 aliphatic heterocycles. The molecular weight excluding hydrogens is 598 g/mol. The lowest BCUT2D eigenvalue weighted by molar-refractivity contribution is -0.0715. The van der Waals surface area contributed by atoms with Crippen molar-refractivity contribution >= 4 is 5.70 Å². The molecule has 4 aliphatic rings. The van der Waals surface area contributed by atoms with Gasteiger partial charge < -0.3 is 25.1 Å². The highest BCUT2D eigenvalue weighted by molar-refractivity contribution is 5.62. The Morgan fingerprint density at radius 1 is 1.00 bits per heavy atom. The number of aliphatic hydroxyl groups excluding tert-OH is 2. The van der Waals surface area contributed by atoms with Crippen LogP contribution in [0.25, 0.3) is 5.70 Å². The first-order chi connectivity index (χ1) is 23.3. The number of phenolic OH excluding ortho intramolecular Hbond substituents is 1. The smallest absolute Gasteiger partial charge is 0.208 e. The summed E-state index contributed by atoms with van der Waals surface area (Å²) in [5, 5.41) is 41.3. The Morgan fingerprint density at radius 3 is 2.60 bits per heavy atom. The summed E-state index contributed by atoms with van der Waals surface area (Å²) in [5.41, 5.74) is 5.51. The Labute approximate surface area is 286 Å². The lowest BCUT2D eigenvalue weighted by Gasteiger charge is -2.50. The Kier molecular flexibility index (Phi) is 9.58. The summed E-state index contributed by atoms with van der Waals surface area (Å²) in [5.74, 6) is 1.85. The highest BCUT2D eigenvalue weighted by Crippen LogP contribution is 2.66. The van der Waals surface area contributed by atoms with Crippen LogP contribution < -0.4 is 0 Å². The van der Waals surface area contributed by atoms with Gasteiger partial charge in [-0.1, -0.05) is 80.6 Å². The number of aliphatic hydroxyl groups is 2. The first-order valence-corrected chi connectivity index (χ1v) is 18.3. The van der Waals surface area contributed by atoms with E-state index in [-0.39, 0.29) is 17.4 Å². The van der Waals surface area contributed by atoms with Crippen molar-refractivity contribution in [2.45, 2.75) is 109 Å². The minimum Gasteiger partial charge on any atom is -0.508 e. The zero-order valence-electron chi connectivity index (χ0n) is 28.8. The molecule has 48 heavy (non-hydrogen) atoms. The van der Waals surface area contributed by atoms with Crippen molar-refractivity contribution in [3.63, 3.8) is 0 Å². The van der Waals surface area contributed by atoms with Crippen molar-refractivity contribution < 1.29 is 15.3 Å². The number of nitrogens with zero attached hydrogens (tertiary/aromatic N) is 5. The van der Waals surface area contributed by atoms with E-state index in [9.17, 15) is 15.3 Å². The van der Waals surface area contributed by atoms with Gasteiger partial charge in [-0.3, -0.25) is 0 Å². The number of hydrogen-bond donors (Lipinski definition) is 3. The molecule has 0 unspecified atom stereocenters. The molecule has 3 N–H and O–H groups in total. The maximum absolute atomic E-state index is 11.9. The molecule has 6 atom stereocenters. The Hall–Kier alpha value is -3.36. The third-order valence-electron chi connectivity index (χ3n) is 12.6. The van der Waals surface area contributed by atoms with E-state index in [0.29, 0.717) is 23.5 Å². The molecule has 2 saturated carbocycles. The van der Waals surface area contributed by atoms with E-state index in [1.54, 1.807) is 0 Å². The fraction of sp³-hybridized carbons (Fsp3) is 0.575. The molecule has 0 saturated heterocycles. The summed E-state index contributed by atoms with van der Waals surface area (Å²) >= 11 is 0. The van der Waals surface area contributed by atoms with Crippen LogP contribution in [0, 0.1) is 29.3 Å². The number of benzene rings is 2. The maximum Gasteiger partial charge on any atom is 0.208 e. The van der Waals surface area contributed by atoms with Gasteiger partial charge in [-0.15, -0.1) is 5.10 Å². The van der Waals surface area contributed by atoms with Crippen molar-refractivity contribution in [3.05, 3.63) is 90.0 Å². The quantitative estimate of drug-likeness (QED) is 0.172. The molecule has 2 aromatic carbocycles. The van der Waals surface area contributed by atoms with Crippen LogP contribution in [0.15, 0.2) is 60.9 Å². The van der Waals surface area contributed by atoms with Gasteiger partial charge in [0, 0.05) is 31.8 Å². The summed E-state index contributed by atoms with van der Waals surface area (Å²) in [6.07, 6.45) is 16.3. The van der Waals surface area contributed by atoms with Gasteiger partial charge in [-0.05, 0) is 96.9 Å². The summed E-state index contributed by atoms with van der Waals surface area (Å²) in [6.45, 7) is 7.39. The molecular formula is C40H53N5O3. The number of unbranched alkanes of at least 4 members (excludes halogenated alkanes) is 5. The molecule has 256 valence electrons. The Bertz CT molecular complexity index is 1570. The van der Waals surface area contributed by atoms with Crippen molar-refractivity contribution in [1.29, 1.82) is 0 Å². The highest BCUT2D eigenvalue weighted by atomic mass is 16.3. The number of hydrogen-bond acceptors (Lipinski definition) is 7. The molecule has 3 aliphatic carbocycles. The van der Waals surface area contributed by atoms with Crippen LogP contribution in [0.2, 0.25) is 0 Å². The SMILES string of the molecule is CN1[C]N(Cc2ccccc2)C=C1c1cnnn1CCCCCCCC[C@]1(CO)C[C@H]2[C@@H]3CCc4cc(O)ccc4[C@H]3CC[C@]2(C)[C@H]1O. The van der Waals surface area contributed by atoms with E-state index in [2.05, 4.69) is 65.3 Å². The van der Waals surface area contributed by atoms with Crippen LogP contribution in [0.5, 0.6) is 5.75 Å². The molecule has 0 bridgehead atoms. The number of aryl methyl sites for hydroxylation is 2. The first kappa shape index (κ1) is 33.2. The van der Waals surface area contributed by atoms with Crippen molar-refractivity contribution in [2.24, 2.45) is 22.7 Å². The predicted molar refractivity (Wildman–Crippen MR) is 187 cm³/mol. The van der Waals surface area contributed by atoms with E-state index >= 15 is 0 Å². The third-order valence-corrected chi connectivity index (χ3v) is 12.6. The van der Waals surface area contributed by atoms with E-state index in [1.807, 2.05) is 41.0 Å². The Morgan fingerprint density at radius 2 is 1.79 bits per heavy atom. The second-order valence-electron chi connectivity index (χ2n) is 15.5. The molecule has 2 radical (unpaired) electrons. The lowest BCUT2D eigenvalue weighted by Crippen LogP contribution is -2.46. The summed E-state index contributed by atoms with van der Waals surface area (Å²) in [6, 6.07) is 16.4. The molecule has 8 nitrogen and oxygen atoms in total. The maximum atomic E-state index is 11.9. The molecule has 2 fully saturated rings. The van der Waals surface area contributed by atoms with Crippen LogP contribution in [0.4, 0.5) is 0 Å². The zero-order chi connectivity index (χ0) is 33.3. The number of aromatic hydroxyl groups is 1. The lowest BCUT2D eigenvalue weighted by atomic mass is 9.55. The van der Waals surface area contributed by atoms with Gasteiger partial charge in [-0.25, -0.2) is 4.68 Å². The van der Waals surface area contributed by atoms with E-state index in [0.717, 1.165) is 88.7 Å². The molecule has 1 aromatic heterocycles. The summed E-state index contributed by atoms with van der Waals surface area (Å²) < 4.78 is 2.02. The summed E-state index contributed by atoms with van der Waals surface area (Å²) in [4.78, 5) is 4.10. The van der Waals surface area contributed by atoms with E-state index in [4.69, 9.17) is 0 Å². The molecule has 0 amide bonds. The molecule has 2 heterocycles. The standard InChI is InChI=1S/C40H53N5O3/c1-39-20-18-33-32-17-15-31(47)22-30(32)14-16-34(33)35(39)23-40(27-46,38(39)48)19-10-5-3-4-6-11-21-45-36(24-41-42-45)37-26-44(28-43(37)2)25-29-12-8-7-9-13-29/h7-9,12-13,15,17,22,24,26,33-35,38,46-48H,3-6,10-11,14,16,18-21,23,25,27H2,1-2H3/t33-,34-,35+,38-,39+,40-/m1/s1. The van der Waals surface area contributed by atoms with Gasteiger partial charge in [-0.2, -0.15) is 0 Å². The third kappa shape index (κ3) is 6.26. The van der Waals surface area contributed by atoms with Gasteiger partial charge in [0.2, 0.25) is 6.67 Å². The fourth-order valence-corrected chi connectivity index (χ4v) is 10.0.